The summed E-state index contributed by atoms with van der Waals surface area (Å²) in [6.07, 6.45) is 0. The van der Waals surface area contributed by atoms with Crippen LogP contribution in [-0.4, -0.2) is 0 Å². The van der Waals surface area contributed by atoms with E-state index in [1.165, 1.54) is 0 Å². The van der Waals surface area contributed by atoms with E-state index in [0.717, 1.165) is 0 Å². The zero-order chi connectivity index (χ0) is 2.00. The predicted molar refractivity (Wildman–Crippen MR) is 0.686 cm³/mol. The third-order valence-electron chi connectivity index (χ3n) is 0. The summed E-state index contributed by atoms with van der Waals surface area (Å²) in [7, 11) is 0. The van der Waals surface area contributed by atoms with Crippen LogP contribution in [0.15, 0.2) is 0 Å². The molecule has 0 amide bonds. The van der Waals surface area contributed by atoms with Gasteiger partial charge in [0.05, 0.1) is 0 Å². The molecule has 0 saturated heterocycles. The molecular formula is Mn2NiO. The van der Waals surface area contributed by atoms with Crippen molar-refractivity contribution in [1.82, 2.24) is 0 Å². The Morgan fingerprint density at radius 1 is 1.25 bits per heavy atom. The average Bonchev–Trinajstić information content (AvgIpc) is 1.00. The molecular weight excluding hydrogens is 185 g/mol. The molecule has 0 fully saturated rings. The van der Waals surface area contributed by atoms with E-state index in [9.17, 15) is 0 Å². The van der Waals surface area contributed by atoms with E-state index in [4.69, 9.17) is 3.83 Å². The van der Waals surface area contributed by atoms with Gasteiger partial charge in [-0.3, -0.25) is 0 Å². The molecule has 0 aliphatic heterocycles. The second kappa shape index (κ2) is 27.1. The molecule has 0 saturated carbocycles. The summed E-state index contributed by atoms with van der Waals surface area (Å²) < 4.78 is 8.06. The molecule has 0 aromatic carbocycles. The molecule has 4 heavy (non-hydrogen) atoms. The summed E-state index contributed by atoms with van der Waals surface area (Å²) >= 11 is 1.69. The van der Waals surface area contributed by atoms with Gasteiger partial charge in [-0.05, 0) is 0 Å². The number of hydrogen-bond acceptors (Lipinski definition) is 1. The quantitative estimate of drug-likeness (QED) is 0.480. The summed E-state index contributed by atoms with van der Waals surface area (Å²) in [5, 5.41) is 0. The fourth-order valence-corrected chi connectivity index (χ4v) is 0. The predicted octanol–water partition coefficient (Wildman–Crippen LogP) is -0.126. The van der Waals surface area contributed by atoms with Gasteiger partial charge in [0.2, 0.25) is 0 Å². The van der Waals surface area contributed by atoms with Gasteiger partial charge in [0.25, 0.3) is 0 Å². The molecule has 0 spiro atoms. The van der Waals surface area contributed by atoms with Crippen molar-refractivity contribution in [2.45, 2.75) is 0 Å². The van der Waals surface area contributed by atoms with E-state index >= 15 is 0 Å². The van der Waals surface area contributed by atoms with Crippen molar-refractivity contribution in [3.05, 3.63) is 0 Å². The van der Waals surface area contributed by atoms with Crippen LogP contribution in [0.3, 0.4) is 0 Å². The van der Waals surface area contributed by atoms with Crippen LogP contribution in [0.2, 0.25) is 0 Å². The van der Waals surface area contributed by atoms with Crippen molar-refractivity contribution in [1.29, 1.82) is 0 Å². The van der Waals surface area contributed by atoms with E-state index in [2.05, 4.69) is 0 Å². The van der Waals surface area contributed by atoms with Crippen LogP contribution >= 0.6 is 0 Å². The molecule has 30 valence electrons. The Labute approximate surface area is 53.3 Å². The van der Waals surface area contributed by atoms with Gasteiger partial charge in [-0.2, -0.15) is 0 Å². The first-order valence-corrected chi connectivity index (χ1v) is 0.636. The van der Waals surface area contributed by atoms with Gasteiger partial charge < -0.3 is 0 Å². The Morgan fingerprint density at radius 2 is 1.25 bits per heavy atom. The monoisotopic (exact) mass is 184 g/mol. The van der Waals surface area contributed by atoms with E-state index in [1.54, 1.807) is 15.9 Å². The Balaban J connectivity index is -0.00000000500. The van der Waals surface area contributed by atoms with Crippen LogP contribution in [-0.2, 0) is 53.3 Å². The first-order chi connectivity index (χ1) is 1.00. The van der Waals surface area contributed by atoms with Crippen molar-refractivity contribution in [3.8, 4) is 0 Å². The van der Waals surface area contributed by atoms with Crippen molar-refractivity contribution in [2.24, 2.45) is 0 Å². The molecule has 0 aliphatic rings. The van der Waals surface area contributed by atoms with Crippen molar-refractivity contribution >= 4 is 0 Å². The van der Waals surface area contributed by atoms with Gasteiger partial charge in [0, 0.05) is 33.6 Å². The molecule has 0 unspecified atom stereocenters. The molecule has 0 aliphatic carbocycles. The Bertz CT molecular complexity index is 6.00. The molecule has 0 heterocycles. The van der Waals surface area contributed by atoms with Crippen LogP contribution in [0.4, 0.5) is 0 Å². The third kappa shape index (κ3) is 10.2. The summed E-state index contributed by atoms with van der Waals surface area (Å²) in [5.74, 6) is 0. The normalized spacial score (nSPS) is 1.00. The van der Waals surface area contributed by atoms with Crippen LogP contribution in [0, 0.1) is 0 Å². The summed E-state index contributed by atoms with van der Waals surface area (Å²) in [6, 6.07) is 0. The van der Waals surface area contributed by atoms with Crippen LogP contribution in [0.5, 0.6) is 0 Å². The molecule has 0 aromatic rings. The topological polar surface area (TPSA) is 17.1 Å². The second-order valence-corrected chi connectivity index (χ2v) is 0. The van der Waals surface area contributed by atoms with Crippen molar-refractivity contribution < 1.29 is 53.3 Å². The molecule has 0 aromatic heterocycles. The fraction of sp³-hybridized carbons (Fsp3) is 0. The number of hydrogen-bond donors (Lipinski definition) is 0. The molecule has 0 bridgehead atoms. The van der Waals surface area contributed by atoms with Crippen molar-refractivity contribution in [3.63, 3.8) is 0 Å². The Hall–Kier alpha value is 1.33. The minimum absolute atomic E-state index is 0. The summed E-state index contributed by atoms with van der Waals surface area (Å²) in [6.45, 7) is 0. The van der Waals surface area contributed by atoms with E-state index in [-0.39, 0.29) is 33.6 Å². The molecule has 1 nitrogen and oxygen atoms in total. The van der Waals surface area contributed by atoms with Crippen molar-refractivity contribution in [2.75, 3.05) is 0 Å². The van der Waals surface area contributed by atoms with Gasteiger partial charge in [-0.1, -0.05) is 0 Å². The Morgan fingerprint density at radius 3 is 1.25 bits per heavy atom. The molecule has 0 rings (SSSR count). The molecule has 1 radical (unpaired) electrons. The van der Waals surface area contributed by atoms with Gasteiger partial charge in [-0.25, -0.2) is 0 Å². The first-order valence-electron chi connectivity index (χ1n) is 0.154. The van der Waals surface area contributed by atoms with Gasteiger partial charge in [-0.15, -0.1) is 0 Å². The third-order valence-corrected chi connectivity index (χ3v) is 0. The average molecular weight is 185 g/mol. The maximum atomic E-state index is 8.06. The van der Waals surface area contributed by atoms with Crippen LogP contribution in [0.1, 0.15) is 0 Å². The Kier molecular flexibility index (Phi) is 125. The van der Waals surface area contributed by atoms with Gasteiger partial charge >= 0.3 is 19.8 Å². The van der Waals surface area contributed by atoms with E-state index in [1.807, 2.05) is 0 Å². The summed E-state index contributed by atoms with van der Waals surface area (Å²) in [4.78, 5) is 0. The summed E-state index contributed by atoms with van der Waals surface area (Å²) in [5.41, 5.74) is 0. The standard InChI is InChI=1S/2Mn.Ni.O. The zero-order valence-corrected chi connectivity index (χ0v) is 4.83. The zero-order valence-electron chi connectivity index (χ0n) is 1.48. The fourth-order valence-electron chi connectivity index (χ4n) is 0. The molecule has 0 N–H and O–H groups in total. The maximum absolute atomic E-state index is 8.06. The van der Waals surface area contributed by atoms with Gasteiger partial charge in [0.1, 0.15) is 0 Å². The van der Waals surface area contributed by atoms with Crippen LogP contribution < -0.4 is 0 Å². The van der Waals surface area contributed by atoms with E-state index in [0.29, 0.717) is 0 Å². The van der Waals surface area contributed by atoms with Gasteiger partial charge in [0.15, 0.2) is 0 Å². The second-order valence-electron chi connectivity index (χ2n) is 0. The van der Waals surface area contributed by atoms with E-state index < -0.39 is 0 Å². The molecule has 4 heteroatoms. The minimum atomic E-state index is 0. The number of rotatable bonds is 0. The molecule has 0 atom stereocenters. The first kappa shape index (κ1) is 18.4. The SMILES string of the molecule is [Mn].[Ni].[O]=[Mn]. The van der Waals surface area contributed by atoms with Crippen LogP contribution in [0.25, 0.3) is 0 Å².